The van der Waals surface area contributed by atoms with Gasteiger partial charge in [-0.05, 0) is 28.3 Å². The van der Waals surface area contributed by atoms with Gasteiger partial charge in [0, 0.05) is 12.6 Å². The van der Waals surface area contributed by atoms with E-state index in [1.54, 1.807) is 6.20 Å². The van der Waals surface area contributed by atoms with Crippen molar-refractivity contribution in [2.75, 3.05) is 0 Å². The van der Waals surface area contributed by atoms with E-state index >= 15 is 0 Å². The van der Waals surface area contributed by atoms with Crippen LogP contribution in [0.4, 0.5) is 0 Å². The van der Waals surface area contributed by atoms with E-state index < -0.39 is 0 Å². The van der Waals surface area contributed by atoms with Gasteiger partial charge < -0.3 is 0 Å². The van der Waals surface area contributed by atoms with Crippen LogP contribution in [-0.4, -0.2) is 9.97 Å². The Labute approximate surface area is 90.9 Å². The van der Waals surface area contributed by atoms with Crippen molar-refractivity contribution in [2.24, 2.45) is 5.92 Å². The average molecular weight is 262 g/mol. The molecule has 0 saturated heterocycles. The molecule has 0 bridgehead atoms. The Bertz CT molecular complexity index is 312. The minimum atomic E-state index is 0.515. The first-order valence-electron chi connectivity index (χ1n) is 4.42. The molecule has 0 radical (unpaired) electrons. The fraction of sp³-hybridized carbons (Fsp3) is 0.556. The smallest absolute Gasteiger partial charge is 0.146 e. The Morgan fingerprint density at radius 1 is 1.54 bits per heavy atom. The van der Waals surface area contributed by atoms with Gasteiger partial charge >= 0.3 is 0 Å². The highest BCUT2D eigenvalue weighted by atomic mass is 79.9. The topological polar surface area (TPSA) is 25.8 Å². The summed E-state index contributed by atoms with van der Waals surface area (Å²) in [6.45, 7) is 0. The minimum Gasteiger partial charge on any atom is -0.240 e. The van der Waals surface area contributed by atoms with Gasteiger partial charge in [0.15, 0.2) is 0 Å². The number of halogens is 2. The van der Waals surface area contributed by atoms with Crippen molar-refractivity contribution < 1.29 is 0 Å². The molecule has 70 valence electrons. The predicted octanol–water partition coefficient (Wildman–Crippen LogP) is 3.24. The molecule has 2 nitrogen and oxygen atoms in total. The molecular weight excluding hydrogens is 251 g/mol. The van der Waals surface area contributed by atoms with Gasteiger partial charge in [-0.3, -0.25) is 0 Å². The summed E-state index contributed by atoms with van der Waals surface area (Å²) in [7, 11) is 0. The molecule has 0 unspecified atom stereocenters. The van der Waals surface area contributed by atoms with E-state index in [2.05, 4.69) is 25.9 Å². The van der Waals surface area contributed by atoms with Crippen molar-refractivity contribution in [3.63, 3.8) is 0 Å². The first kappa shape index (κ1) is 9.41. The van der Waals surface area contributed by atoms with Crippen LogP contribution < -0.4 is 0 Å². The third-order valence-corrected chi connectivity index (χ3v) is 3.32. The first-order valence-corrected chi connectivity index (χ1v) is 5.59. The van der Waals surface area contributed by atoms with Crippen LogP contribution in [0.3, 0.4) is 0 Å². The van der Waals surface area contributed by atoms with Crippen LogP contribution in [0.15, 0.2) is 10.7 Å². The molecule has 1 aliphatic carbocycles. The van der Waals surface area contributed by atoms with Crippen LogP contribution in [0, 0.1) is 5.92 Å². The minimum absolute atomic E-state index is 0.515. The monoisotopic (exact) mass is 260 g/mol. The molecule has 0 aromatic carbocycles. The summed E-state index contributed by atoms with van der Waals surface area (Å²) in [5.74, 6) is 1.78. The van der Waals surface area contributed by atoms with Crippen molar-refractivity contribution in [2.45, 2.75) is 25.7 Å². The summed E-state index contributed by atoms with van der Waals surface area (Å²) in [5.41, 5.74) is 0. The molecule has 0 amide bonds. The Hall–Kier alpha value is -0.150. The van der Waals surface area contributed by atoms with E-state index in [0.29, 0.717) is 5.15 Å². The summed E-state index contributed by atoms with van der Waals surface area (Å²) in [5, 5.41) is 0.515. The number of hydrogen-bond donors (Lipinski definition) is 0. The molecule has 13 heavy (non-hydrogen) atoms. The van der Waals surface area contributed by atoms with Crippen LogP contribution in [0.2, 0.25) is 5.15 Å². The fourth-order valence-electron chi connectivity index (χ4n) is 1.24. The van der Waals surface area contributed by atoms with E-state index in [-0.39, 0.29) is 0 Å². The van der Waals surface area contributed by atoms with Crippen molar-refractivity contribution in [3.8, 4) is 0 Å². The summed E-state index contributed by atoms with van der Waals surface area (Å²) >= 11 is 9.11. The lowest BCUT2D eigenvalue weighted by Gasteiger charge is -1.99. The Balaban J connectivity index is 1.98. The van der Waals surface area contributed by atoms with E-state index in [1.807, 2.05) is 0 Å². The maximum Gasteiger partial charge on any atom is 0.146 e. The van der Waals surface area contributed by atoms with E-state index in [4.69, 9.17) is 11.6 Å². The highest BCUT2D eigenvalue weighted by molar-refractivity contribution is 9.10. The van der Waals surface area contributed by atoms with Crippen molar-refractivity contribution in [1.29, 1.82) is 0 Å². The molecule has 1 saturated carbocycles. The molecular formula is C9H10BrClN2. The normalized spacial score (nSPS) is 16.2. The number of hydrogen-bond acceptors (Lipinski definition) is 2. The molecule has 1 aromatic rings. The second-order valence-electron chi connectivity index (χ2n) is 3.41. The maximum absolute atomic E-state index is 5.85. The van der Waals surface area contributed by atoms with Crippen molar-refractivity contribution >= 4 is 27.5 Å². The summed E-state index contributed by atoms with van der Waals surface area (Å²) in [4.78, 5) is 8.38. The lowest BCUT2D eigenvalue weighted by molar-refractivity contribution is 0.696. The molecule has 0 atom stereocenters. The van der Waals surface area contributed by atoms with Gasteiger partial charge in [-0.2, -0.15) is 0 Å². The van der Waals surface area contributed by atoms with Crippen LogP contribution in [0.5, 0.6) is 0 Å². The molecule has 4 heteroatoms. The average Bonchev–Trinajstić information content (AvgIpc) is 2.91. The largest absolute Gasteiger partial charge is 0.240 e. The molecule has 1 fully saturated rings. The summed E-state index contributed by atoms with van der Waals surface area (Å²) in [6, 6.07) is 0. The van der Waals surface area contributed by atoms with Crippen LogP contribution in [0.1, 0.15) is 25.1 Å². The summed E-state index contributed by atoms with van der Waals surface area (Å²) in [6.07, 6.45) is 6.64. The SMILES string of the molecule is Clc1nc(CCC2CC2)ncc1Br. The molecule has 2 rings (SSSR count). The number of aryl methyl sites for hydroxylation is 1. The Kier molecular flexibility index (Phi) is 2.84. The number of nitrogens with zero attached hydrogens (tertiary/aromatic N) is 2. The zero-order valence-electron chi connectivity index (χ0n) is 7.13. The van der Waals surface area contributed by atoms with Crippen LogP contribution >= 0.6 is 27.5 Å². The van der Waals surface area contributed by atoms with E-state index in [9.17, 15) is 0 Å². The van der Waals surface area contributed by atoms with Crippen molar-refractivity contribution in [1.82, 2.24) is 9.97 Å². The highest BCUT2D eigenvalue weighted by Crippen LogP contribution is 2.33. The number of rotatable bonds is 3. The predicted molar refractivity (Wildman–Crippen MR) is 55.8 cm³/mol. The van der Waals surface area contributed by atoms with E-state index in [1.165, 1.54) is 19.3 Å². The second-order valence-corrected chi connectivity index (χ2v) is 4.62. The molecule has 1 heterocycles. The van der Waals surface area contributed by atoms with E-state index in [0.717, 1.165) is 22.6 Å². The molecule has 0 aliphatic heterocycles. The van der Waals surface area contributed by atoms with Crippen LogP contribution in [0.25, 0.3) is 0 Å². The van der Waals surface area contributed by atoms with Crippen molar-refractivity contribution in [3.05, 3.63) is 21.6 Å². The lowest BCUT2D eigenvalue weighted by Crippen LogP contribution is -1.96. The van der Waals surface area contributed by atoms with Gasteiger partial charge in [-0.15, -0.1) is 0 Å². The van der Waals surface area contributed by atoms with Gasteiger partial charge in [0.25, 0.3) is 0 Å². The zero-order chi connectivity index (χ0) is 9.26. The van der Waals surface area contributed by atoms with Crippen LogP contribution in [-0.2, 0) is 6.42 Å². The Morgan fingerprint density at radius 2 is 2.31 bits per heavy atom. The lowest BCUT2D eigenvalue weighted by atomic mass is 10.2. The molecule has 1 aromatic heterocycles. The molecule has 1 aliphatic rings. The summed E-state index contributed by atoms with van der Waals surface area (Å²) < 4.78 is 0.768. The first-order chi connectivity index (χ1) is 6.25. The molecule has 0 spiro atoms. The van der Waals surface area contributed by atoms with Gasteiger partial charge in [-0.1, -0.05) is 24.4 Å². The maximum atomic E-state index is 5.85. The van der Waals surface area contributed by atoms with Gasteiger partial charge in [0.1, 0.15) is 11.0 Å². The Morgan fingerprint density at radius 3 is 2.92 bits per heavy atom. The fourth-order valence-corrected chi connectivity index (χ4v) is 1.58. The zero-order valence-corrected chi connectivity index (χ0v) is 9.48. The van der Waals surface area contributed by atoms with Gasteiger partial charge in [0.05, 0.1) is 4.47 Å². The standard InChI is InChI=1S/C9H10BrClN2/c10-7-5-12-8(13-9(7)11)4-3-6-1-2-6/h5-6H,1-4H2. The second kappa shape index (κ2) is 3.93. The quantitative estimate of drug-likeness (QED) is 0.781. The van der Waals surface area contributed by atoms with Gasteiger partial charge in [-0.25, -0.2) is 9.97 Å². The third kappa shape index (κ3) is 2.64. The van der Waals surface area contributed by atoms with Gasteiger partial charge in [0.2, 0.25) is 0 Å². The third-order valence-electron chi connectivity index (χ3n) is 2.22. The molecule has 0 N–H and O–H groups in total. The highest BCUT2D eigenvalue weighted by Gasteiger charge is 2.21. The number of aromatic nitrogens is 2.